The molecule has 28 valence electrons. The molecule has 0 atom stereocenters. The molecule has 0 aromatic carbocycles. The van der Waals surface area contributed by atoms with Gasteiger partial charge >= 0.3 is 6.04 Å². The second kappa shape index (κ2) is 1.71. The summed E-state index contributed by atoms with van der Waals surface area (Å²) in [7, 11) is 0. The summed E-state index contributed by atoms with van der Waals surface area (Å²) in [5, 5.41) is 7.77. The molecule has 0 amide bonds. The van der Waals surface area contributed by atoms with Crippen LogP contribution in [0.3, 0.4) is 0 Å². The van der Waals surface area contributed by atoms with Crippen molar-refractivity contribution >= 4 is 0 Å². The van der Waals surface area contributed by atoms with E-state index in [1.54, 1.807) is 13.8 Å². The molecule has 0 aromatic heterocycles. The van der Waals surface area contributed by atoms with Crippen LogP contribution in [0.5, 0.6) is 0 Å². The SMILES string of the molecule is CC(C)[N+]#N. The van der Waals surface area contributed by atoms with Crippen molar-refractivity contribution in [2.75, 3.05) is 0 Å². The average Bonchev–Trinajstić information content (AvgIpc) is 1.38. The molecule has 0 aliphatic carbocycles. The van der Waals surface area contributed by atoms with Crippen LogP contribution < -0.4 is 0 Å². The van der Waals surface area contributed by atoms with E-state index in [0.29, 0.717) is 0 Å². The Labute approximate surface area is 31.4 Å². The highest BCUT2D eigenvalue weighted by atomic mass is 14.9. The summed E-state index contributed by atoms with van der Waals surface area (Å²) in [5.41, 5.74) is 0. The molecule has 5 heavy (non-hydrogen) atoms. The molecule has 0 N–H and O–H groups in total. The van der Waals surface area contributed by atoms with Crippen molar-refractivity contribution in [1.82, 2.24) is 0 Å². The molecule has 0 saturated heterocycles. The smallest absolute Gasteiger partial charge is 0.0192 e. The molecule has 0 aliphatic rings. The van der Waals surface area contributed by atoms with Crippen molar-refractivity contribution < 1.29 is 0 Å². The number of rotatable bonds is 0. The van der Waals surface area contributed by atoms with Gasteiger partial charge in [-0.2, -0.15) is 0 Å². The van der Waals surface area contributed by atoms with Crippen LogP contribution in [-0.4, -0.2) is 6.04 Å². The first-order chi connectivity index (χ1) is 2.27. The van der Waals surface area contributed by atoms with Gasteiger partial charge in [0.05, 0.1) is 0 Å². The third-order valence-corrected chi connectivity index (χ3v) is 0.231. The van der Waals surface area contributed by atoms with E-state index in [2.05, 4.69) is 4.98 Å². The molecule has 2 heteroatoms. The molecule has 0 saturated carbocycles. The standard InChI is InChI=1S/C3H7N2/c1-3(2)5-4/h3H,1-2H3/q+1. The topological polar surface area (TPSA) is 28.1 Å². The molecule has 0 aromatic rings. The second-order valence-electron chi connectivity index (χ2n) is 1.21. The normalized spacial score (nSPS) is 7.60. The van der Waals surface area contributed by atoms with E-state index < -0.39 is 0 Å². The monoisotopic (exact) mass is 71.1 g/mol. The van der Waals surface area contributed by atoms with Gasteiger partial charge in [0.1, 0.15) is 4.98 Å². The van der Waals surface area contributed by atoms with Crippen LogP contribution in [0.4, 0.5) is 0 Å². The number of nitrogens with zero attached hydrogens (tertiary/aromatic N) is 2. The fourth-order valence-corrected chi connectivity index (χ4v) is 0. The first-order valence-electron chi connectivity index (χ1n) is 1.61. The molecule has 0 radical (unpaired) electrons. The van der Waals surface area contributed by atoms with Gasteiger partial charge in [0, 0.05) is 13.8 Å². The van der Waals surface area contributed by atoms with Crippen molar-refractivity contribution in [3.05, 3.63) is 4.98 Å². The molecule has 2 nitrogen and oxygen atoms in total. The molecule has 0 bridgehead atoms. The maximum Gasteiger partial charge on any atom is 0.308 e. The Kier molecular flexibility index (Phi) is 1.51. The summed E-state index contributed by atoms with van der Waals surface area (Å²) in [6.07, 6.45) is 0. The van der Waals surface area contributed by atoms with Gasteiger partial charge in [0.2, 0.25) is 5.39 Å². The predicted octanol–water partition coefficient (Wildman–Crippen LogP) is 1.25. The van der Waals surface area contributed by atoms with Crippen LogP contribution in [0.25, 0.3) is 4.98 Å². The quantitative estimate of drug-likeness (QED) is 0.395. The van der Waals surface area contributed by atoms with E-state index in [4.69, 9.17) is 5.39 Å². The maximum absolute atomic E-state index is 7.77. The van der Waals surface area contributed by atoms with E-state index >= 15 is 0 Å². The second-order valence-corrected chi connectivity index (χ2v) is 1.21. The molecule has 0 spiro atoms. The predicted molar refractivity (Wildman–Crippen MR) is 20.2 cm³/mol. The molecule has 0 heterocycles. The van der Waals surface area contributed by atoms with Gasteiger partial charge in [0.25, 0.3) is 0 Å². The van der Waals surface area contributed by atoms with Gasteiger partial charge < -0.3 is 0 Å². The lowest BCUT2D eigenvalue weighted by Gasteiger charge is -1.59. The summed E-state index contributed by atoms with van der Waals surface area (Å²) in [4.78, 5) is 2.89. The van der Waals surface area contributed by atoms with Gasteiger partial charge in [-0.1, -0.05) is 0 Å². The minimum absolute atomic E-state index is 0.0648. The van der Waals surface area contributed by atoms with Crippen LogP contribution in [-0.2, 0) is 0 Å². The Bertz CT molecular complexity index is 50.4. The van der Waals surface area contributed by atoms with E-state index in [1.807, 2.05) is 0 Å². The molecule has 0 aliphatic heterocycles. The number of hydrogen-bond acceptors (Lipinski definition) is 1. The van der Waals surface area contributed by atoms with Crippen LogP contribution in [0.15, 0.2) is 0 Å². The van der Waals surface area contributed by atoms with Gasteiger partial charge in [-0.15, -0.1) is 0 Å². The Morgan fingerprint density at radius 3 is 1.80 bits per heavy atom. The van der Waals surface area contributed by atoms with Crippen LogP contribution in [0.2, 0.25) is 0 Å². The summed E-state index contributed by atoms with van der Waals surface area (Å²) in [5.74, 6) is 0. The molecule has 0 rings (SSSR count). The lowest BCUT2D eigenvalue weighted by molar-refractivity contribution is 0.945. The summed E-state index contributed by atoms with van der Waals surface area (Å²) in [6.45, 7) is 3.61. The summed E-state index contributed by atoms with van der Waals surface area (Å²) >= 11 is 0. The minimum atomic E-state index is 0.0648. The largest absolute Gasteiger partial charge is 0.308 e. The van der Waals surface area contributed by atoms with E-state index in [0.717, 1.165) is 0 Å². The van der Waals surface area contributed by atoms with E-state index in [-0.39, 0.29) is 6.04 Å². The highest BCUT2D eigenvalue weighted by Gasteiger charge is 1.95. The zero-order valence-electron chi connectivity index (χ0n) is 3.47. The highest BCUT2D eigenvalue weighted by molar-refractivity contribution is 4.59. The lowest BCUT2D eigenvalue weighted by atomic mass is 10.4. The first-order valence-corrected chi connectivity index (χ1v) is 1.61. The molecular weight excluding hydrogens is 64.0 g/mol. The third-order valence-electron chi connectivity index (χ3n) is 0.231. The highest BCUT2D eigenvalue weighted by Crippen LogP contribution is 1.78. The number of diazo groups is 1. The minimum Gasteiger partial charge on any atom is 0.0192 e. The summed E-state index contributed by atoms with van der Waals surface area (Å²) in [6, 6.07) is 0.0648. The molecular formula is C3H7N2+. The van der Waals surface area contributed by atoms with Crippen LogP contribution >= 0.6 is 0 Å². The Balaban J connectivity index is 2.94. The van der Waals surface area contributed by atoms with E-state index in [9.17, 15) is 0 Å². The van der Waals surface area contributed by atoms with Gasteiger partial charge in [-0.05, 0) is 0 Å². The molecule has 0 unspecified atom stereocenters. The van der Waals surface area contributed by atoms with Gasteiger partial charge in [-0.25, -0.2) is 0 Å². The Morgan fingerprint density at radius 1 is 1.60 bits per heavy atom. The lowest BCUT2D eigenvalue weighted by Crippen LogP contribution is -1.78. The van der Waals surface area contributed by atoms with Crippen molar-refractivity contribution in [1.29, 1.82) is 5.39 Å². The van der Waals surface area contributed by atoms with Gasteiger partial charge in [0.15, 0.2) is 0 Å². The Hall–Kier alpha value is -0.580. The zero-order valence-corrected chi connectivity index (χ0v) is 3.47. The first kappa shape index (κ1) is 4.42. The average molecular weight is 71.1 g/mol. The van der Waals surface area contributed by atoms with Crippen molar-refractivity contribution in [2.24, 2.45) is 0 Å². The fourth-order valence-electron chi connectivity index (χ4n) is 0. The van der Waals surface area contributed by atoms with Crippen molar-refractivity contribution in [3.63, 3.8) is 0 Å². The van der Waals surface area contributed by atoms with Crippen LogP contribution in [0, 0.1) is 5.39 Å². The van der Waals surface area contributed by atoms with Gasteiger partial charge in [-0.3, -0.25) is 0 Å². The van der Waals surface area contributed by atoms with Crippen LogP contribution in [0.1, 0.15) is 13.8 Å². The number of hydrogen-bond donors (Lipinski definition) is 0. The van der Waals surface area contributed by atoms with Crippen molar-refractivity contribution in [3.8, 4) is 0 Å². The van der Waals surface area contributed by atoms with E-state index in [1.165, 1.54) is 0 Å². The molecule has 0 fully saturated rings. The van der Waals surface area contributed by atoms with Crippen molar-refractivity contribution in [2.45, 2.75) is 19.9 Å². The third kappa shape index (κ3) is 3.42. The summed E-state index contributed by atoms with van der Waals surface area (Å²) < 4.78 is 0. The Morgan fingerprint density at radius 2 is 1.80 bits per heavy atom. The maximum atomic E-state index is 7.77. The zero-order chi connectivity index (χ0) is 4.28. The fraction of sp³-hybridized carbons (Fsp3) is 1.00.